The van der Waals surface area contributed by atoms with Gasteiger partial charge in [0.05, 0.1) is 11.4 Å². The largest absolute Gasteiger partial charge is 0.454 e. The lowest BCUT2D eigenvalue weighted by Gasteiger charge is -2.05. The van der Waals surface area contributed by atoms with Crippen LogP contribution < -0.4 is 14.8 Å². The van der Waals surface area contributed by atoms with Gasteiger partial charge in [-0.1, -0.05) is 0 Å². The first-order chi connectivity index (χ1) is 14.1. The molecule has 1 N–H and O–H groups in total. The first-order valence-corrected chi connectivity index (χ1v) is 10.2. The molecule has 0 aliphatic carbocycles. The quantitative estimate of drug-likeness (QED) is 0.465. The molecule has 8 nitrogen and oxygen atoms in total. The van der Waals surface area contributed by atoms with Gasteiger partial charge in [0.1, 0.15) is 5.82 Å². The predicted molar refractivity (Wildman–Crippen MR) is 110 cm³/mol. The van der Waals surface area contributed by atoms with Gasteiger partial charge in [-0.2, -0.15) is 9.78 Å². The summed E-state index contributed by atoms with van der Waals surface area (Å²) in [6.45, 7) is 2.07. The number of nitrogens with zero attached hydrogens (tertiary/aromatic N) is 3. The summed E-state index contributed by atoms with van der Waals surface area (Å²) in [7, 11) is 0. The molecule has 10 heteroatoms. The molecule has 4 aromatic rings. The predicted octanol–water partition coefficient (Wildman–Crippen LogP) is 4.64. The molecule has 1 aromatic carbocycles. The number of thiazole rings is 1. The van der Waals surface area contributed by atoms with Crippen LogP contribution in [-0.4, -0.2) is 27.5 Å². The number of aryl methyl sites for hydroxylation is 1. The summed E-state index contributed by atoms with van der Waals surface area (Å²) in [5.41, 5.74) is 2.44. The van der Waals surface area contributed by atoms with Crippen LogP contribution in [0.3, 0.4) is 0 Å². The van der Waals surface area contributed by atoms with E-state index in [9.17, 15) is 4.79 Å². The highest BCUT2D eigenvalue weighted by atomic mass is 79.9. The van der Waals surface area contributed by atoms with Gasteiger partial charge in [0.2, 0.25) is 11.9 Å². The van der Waals surface area contributed by atoms with Crippen molar-refractivity contribution in [1.29, 1.82) is 0 Å². The third kappa shape index (κ3) is 3.40. The van der Waals surface area contributed by atoms with Crippen molar-refractivity contribution in [2.24, 2.45) is 0 Å². The van der Waals surface area contributed by atoms with Gasteiger partial charge in [-0.15, -0.1) is 11.3 Å². The van der Waals surface area contributed by atoms with E-state index in [4.69, 9.17) is 13.9 Å². The van der Waals surface area contributed by atoms with Crippen LogP contribution in [0, 0.1) is 6.92 Å². The minimum atomic E-state index is -0.371. The van der Waals surface area contributed by atoms with Crippen molar-refractivity contribution in [1.82, 2.24) is 14.8 Å². The number of ether oxygens (including phenoxy) is 2. The number of nitrogens with one attached hydrogen (secondary N) is 1. The first kappa shape index (κ1) is 18.0. The summed E-state index contributed by atoms with van der Waals surface area (Å²) in [5, 5.41) is 9.84. The molecule has 0 saturated carbocycles. The van der Waals surface area contributed by atoms with E-state index in [1.807, 2.05) is 30.5 Å². The molecule has 1 amide bonds. The number of anilines is 1. The fourth-order valence-corrected chi connectivity index (χ4v) is 4.00. The summed E-state index contributed by atoms with van der Waals surface area (Å²) in [6, 6.07) is 10.7. The second kappa shape index (κ2) is 7.05. The fourth-order valence-electron chi connectivity index (χ4n) is 2.90. The number of furan rings is 1. The number of carbonyl (C=O) groups excluding carboxylic acids is 1. The van der Waals surface area contributed by atoms with Crippen LogP contribution in [0.1, 0.15) is 16.2 Å². The Balaban J connectivity index is 1.44. The van der Waals surface area contributed by atoms with Crippen LogP contribution in [0.5, 0.6) is 11.5 Å². The molecular weight excluding hydrogens is 460 g/mol. The maximum absolute atomic E-state index is 12.4. The summed E-state index contributed by atoms with van der Waals surface area (Å²) in [6.07, 6.45) is 0. The number of halogens is 1. The van der Waals surface area contributed by atoms with Crippen LogP contribution in [-0.2, 0) is 0 Å². The lowest BCUT2D eigenvalue weighted by atomic mass is 10.1. The zero-order chi connectivity index (χ0) is 20.0. The van der Waals surface area contributed by atoms with Gasteiger partial charge < -0.3 is 19.2 Å². The van der Waals surface area contributed by atoms with Crippen molar-refractivity contribution in [3.63, 3.8) is 0 Å². The number of hydrogen-bond acceptors (Lipinski definition) is 7. The van der Waals surface area contributed by atoms with Crippen LogP contribution in [0.4, 0.5) is 5.82 Å². The molecule has 1 aliphatic heterocycles. The second-order valence-electron chi connectivity index (χ2n) is 6.22. The van der Waals surface area contributed by atoms with Gasteiger partial charge >= 0.3 is 0 Å². The Morgan fingerprint density at radius 3 is 2.90 bits per heavy atom. The maximum atomic E-state index is 12.4. The van der Waals surface area contributed by atoms with Crippen LogP contribution >= 0.6 is 27.3 Å². The second-order valence-corrected chi connectivity index (χ2v) is 7.84. The molecule has 0 bridgehead atoms. The molecule has 0 spiro atoms. The lowest BCUT2D eigenvalue weighted by molar-refractivity contribution is 0.0994. The van der Waals surface area contributed by atoms with E-state index in [0.717, 1.165) is 22.7 Å². The van der Waals surface area contributed by atoms with Crippen LogP contribution in [0.15, 0.2) is 50.9 Å². The van der Waals surface area contributed by atoms with Gasteiger partial charge in [0, 0.05) is 17.0 Å². The topological polar surface area (TPSA) is 91.4 Å². The molecule has 5 rings (SSSR count). The summed E-state index contributed by atoms with van der Waals surface area (Å²) >= 11 is 4.62. The average molecular weight is 473 g/mol. The molecule has 0 radical (unpaired) electrons. The van der Waals surface area contributed by atoms with Crippen molar-refractivity contribution >= 4 is 39.0 Å². The van der Waals surface area contributed by atoms with E-state index in [2.05, 4.69) is 31.3 Å². The van der Waals surface area contributed by atoms with Crippen molar-refractivity contribution < 1.29 is 18.7 Å². The van der Waals surface area contributed by atoms with Gasteiger partial charge in [-0.25, -0.2) is 4.98 Å². The number of amides is 1. The highest BCUT2D eigenvalue weighted by molar-refractivity contribution is 9.10. The zero-order valence-electron chi connectivity index (χ0n) is 15.0. The molecule has 3 aromatic heterocycles. The first-order valence-electron chi connectivity index (χ1n) is 8.56. The fraction of sp³-hybridized carbons (Fsp3) is 0.105. The van der Waals surface area contributed by atoms with Crippen LogP contribution in [0.2, 0.25) is 0 Å². The Bertz CT molecular complexity index is 1230. The summed E-state index contributed by atoms with van der Waals surface area (Å²) in [5.74, 6) is 1.75. The monoisotopic (exact) mass is 472 g/mol. The number of aromatic nitrogens is 3. The maximum Gasteiger partial charge on any atom is 0.292 e. The SMILES string of the molecule is Cc1cc(NC(=O)c2ccc(Br)o2)n(-c2nc(-c3ccc4c(c3)OCO4)cs2)n1. The Labute approximate surface area is 177 Å². The van der Waals surface area contributed by atoms with Gasteiger partial charge in [-0.3, -0.25) is 4.79 Å². The number of rotatable bonds is 4. The molecule has 0 saturated heterocycles. The van der Waals surface area contributed by atoms with E-state index >= 15 is 0 Å². The van der Waals surface area contributed by atoms with E-state index < -0.39 is 0 Å². The normalized spacial score (nSPS) is 12.3. The number of benzene rings is 1. The zero-order valence-corrected chi connectivity index (χ0v) is 17.4. The lowest BCUT2D eigenvalue weighted by Crippen LogP contribution is -2.14. The minimum absolute atomic E-state index is 0.197. The van der Waals surface area contributed by atoms with Crippen molar-refractivity contribution in [3.05, 3.63) is 57.9 Å². The van der Waals surface area contributed by atoms with Gasteiger partial charge in [0.15, 0.2) is 21.9 Å². The Kier molecular flexibility index (Phi) is 4.36. The van der Waals surface area contributed by atoms with E-state index in [1.165, 1.54) is 11.3 Å². The molecule has 29 heavy (non-hydrogen) atoms. The Morgan fingerprint density at radius 1 is 1.21 bits per heavy atom. The molecule has 4 heterocycles. The Morgan fingerprint density at radius 2 is 2.07 bits per heavy atom. The third-order valence-electron chi connectivity index (χ3n) is 4.21. The van der Waals surface area contributed by atoms with Gasteiger partial charge in [-0.05, 0) is 53.2 Å². The van der Waals surface area contributed by atoms with E-state index in [0.29, 0.717) is 21.4 Å². The molecule has 0 fully saturated rings. The van der Waals surface area contributed by atoms with E-state index in [-0.39, 0.29) is 18.5 Å². The summed E-state index contributed by atoms with van der Waals surface area (Å²) in [4.78, 5) is 17.1. The van der Waals surface area contributed by atoms with Crippen LogP contribution in [0.25, 0.3) is 16.4 Å². The molecular formula is C19H13BrN4O4S. The highest BCUT2D eigenvalue weighted by Crippen LogP contribution is 2.36. The third-order valence-corrected chi connectivity index (χ3v) is 5.45. The standard InChI is InChI=1S/C19H13BrN4O4S/c1-10-6-17(22-18(25)14-4-5-16(20)28-14)24(23-10)19-21-12(8-29-19)11-2-3-13-15(7-11)27-9-26-13/h2-8H,9H2,1H3,(H,22,25). The average Bonchev–Trinajstić information content (AvgIpc) is 3.47. The minimum Gasteiger partial charge on any atom is -0.454 e. The Hall–Kier alpha value is -3.11. The number of carbonyl (C=O) groups is 1. The van der Waals surface area contributed by atoms with E-state index in [1.54, 1.807) is 22.9 Å². The molecule has 146 valence electrons. The molecule has 0 atom stereocenters. The van der Waals surface area contributed by atoms with Crippen molar-refractivity contribution in [3.8, 4) is 27.9 Å². The highest BCUT2D eigenvalue weighted by Gasteiger charge is 2.19. The smallest absolute Gasteiger partial charge is 0.292 e. The van der Waals surface area contributed by atoms with Gasteiger partial charge in [0.25, 0.3) is 5.91 Å². The molecule has 0 unspecified atom stereocenters. The molecule has 1 aliphatic rings. The van der Waals surface area contributed by atoms with Crippen molar-refractivity contribution in [2.45, 2.75) is 6.92 Å². The summed E-state index contributed by atoms with van der Waals surface area (Å²) < 4.78 is 18.2. The van der Waals surface area contributed by atoms with Crippen molar-refractivity contribution in [2.75, 3.05) is 12.1 Å². The number of hydrogen-bond donors (Lipinski definition) is 1. The number of fused-ring (bicyclic) bond motifs is 1.